The second-order valence-corrected chi connectivity index (χ2v) is 2.34. The number of hydrogen-bond acceptors (Lipinski definition) is 2. The van der Waals surface area contributed by atoms with Gasteiger partial charge >= 0.3 is 0 Å². The van der Waals surface area contributed by atoms with Gasteiger partial charge in [0.2, 0.25) is 0 Å². The van der Waals surface area contributed by atoms with E-state index in [1.807, 2.05) is 0 Å². The number of halogens is 2. The second-order valence-electron chi connectivity index (χ2n) is 1.55. The van der Waals surface area contributed by atoms with E-state index in [0.29, 0.717) is 0 Å². The summed E-state index contributed by atoms with van der Waals surface area (Å²) >= 11 is 10.9. The summed E-state index contributed by atoms with van der Waals surface area (Å²) in [7, 11) is 0. The van der Waals surface area contributed by atoms with Crippen molar-refractivity contribution in [2.75, 3.05) is 6.54 Å². The predicted molar refractivity (Wildman–Crippen MR) is 37.1 cm³/mol. The highest BCUT2D eigenvalue weighted by Gasteiger charge is 2.12. The lowest BCUT2D eigenvalue weighted by Crippen LogP contribution is -2.08. The van der Waals surface area contributed by atoms with Crippen molar-refractivity contribution in [3.05, 3.63) is 10.1 Å². The molecule has 1 aliphatic heterocycles. The number of hydrogen-bond donors (Lipinski definition) is 0. The number of Topliss-reactive ketones (excluding diaryl/α,β-unsaturated/α-hetero) is 1. The fourth-order valence-electron chi connectivity index (χ4n) is 0.468. The van der Waals surface area contributed by atoms with Crippen LogP contribution in [-0.2, 0) is 4.79 Å². The number of dihydropyridines is 1. The summed E-state index contributed by atoms with van der Waals surface area (Å²) in [6, 6.07) is 0. The fraction of sp³-hybridized carbons (Fsp3) is 0.200. The lowest BCUT2D eigenvalue weighted by atomic mass is 10.3. The molecule has 0 unspecified atom stereocenters. The normalized spacial score (nSPS) is 19.1. The SMILES string of the molecule is O=C1CN=CC(Cl)=C1Cl. The van der Waals surface area contributed by atoms with Crippen molar-refractivity contribution in [1.82, 2.24) is 0 Å². The number of aliphatic imine (C=N–C) groups is 1. The number of ketones is 1. The Morgan fingerprint density at radius 2 is 2.22 bits per heavy atom. The van der Waals surface area contributed by atoms with E-state index < -0.39 is 0 Å². The standard InChI is InChI=1S/C5H3Cl2NO/c6-3-1-8-2-4(9)5(3)7/h1H,2H2. The van der Waals surface area contributed by atoms with Crippen LogP contribution in [0.25, 0.3) is 0 Å². The number of carbonyl (C=O) groups is 1. The second kappa shape index (κ2) is 2.50. The molecule has 0 saturated heterocycles. The number of allylic oxidation sites excluding steroid dienone is 1. The van der Waals surface area contributed by atoms with E-state index in [0.717, 1.165) is 0 Å². The Balaban J connectivity index is 2.97. The van der Waals surface area contributed by atoms with Crippen molar-refractivity contribution in [3.63, 3.8) is 0 Å². The van der Waals surface area contributed by atoms with Crippen LogP contribution in [0, 0.1) is 0 Å². The summed E-state index contributed by atoms with van der Waals surface area (Å²) in [6.45, 7) is 0.120. The molecule has 1 aliphatic rings. The lowest BCUT2D eigenvalue weighted by Gasteiger charge is -2.00. The first-order valence-electron chi connectivity index (χ1n) is 2.30. The van der Waals surface area contributed by atoms with Gasteiger partial charge in [-0.1, -0.05) is 23.2 Å². The van der Waals surface area contributed by atoms with Crippen molar-refractivity contribution in [1.29, 1.82) is 0 Å². The molecule has 0 fully saturated rings. The molecular weight excluding hydrogens is 161 g/mol. The van der Waals surface area contributed by atoms with Crippen molar-refractivity contribution < 1.29 is 4.79 Å². The highest BCUT2D eigenvalue weighted by molar-refractivity contribution is 6.53. The Morgan fingerprint density at radius 3 is 2.67 bits per heavy atom. The van der Waals surface area contributed by atoms with Gasteiger partial charge in [-0.05, 0) is 0 Å². The molecule has 0 aliphatic carbocycles. The topological polar surface area (TPSA) is 29.4 Å². The number of carbonyl (C=O) groups excluding carboxylic acids is 1. The third kappa shape index (κ3) is 1.32. The molecule has 0 spiro atoms. The molecule has 0 aromatic heterocycles. The van der Waals surface area contributed by atoms with E-state index in [1.165, 1.54) is 6.21 Å². The molecule has 9 heavy (non-hydrogen) atoms. The van der Waals surface area contributed by atoms with Gasteiger partial charge in [0, 0.05) is 6.21 Å². The zero-order valence-electron chi connectivity index (χ0n) is 4.40. The first-order chi connectivity index (χ1) is 4.22. The summed E-state index contributed by atoms with van der Waals surface area (Å²) in [5, 5.41) is 0.319. The minimum Gasteiger partial charge on any atom is -0.291 e. The van der Waals surface area contributed by atoms with Crippen LogP contribution in [0.2, 0.25) is 0 Å². The Hall–Kier alpha value is -0.340. The Kier molecular flexibility index (Phi) is 1.88. The Labute approximate surface area is 62.2 Å². The van der Waals surface area contributed by atoms with Crippen molar-refractivity contribution >= 4 is 35.2 Å². The molecule has 4 heteroatoms. The molecule has 0 saturated carbocycles. The molecule has 48 valence electrons. The molecule has 0 atom stereocenters. The van der Waals surface area contributed by atoms with Gasteiger partial charge < -0.3 is 0 Å². The summed E-state index contributed by atoms with van der Waals surface area (Å²) < 4.78 is 0. The van der Waals surface area contributed by atoms with Crippen LogP contribution in [0.1, 0.15) is 0 Å². The van der Waals surface area contributed by atoms with E-state index in [4.69, 9.17) is 23.2 Å². The molecule has 0 radical (unpaired) electrons. The maximum absolute atomic E-state index is 10.6. The number of nitrogens with zero attached hydrogens (tertiary/aromatic N) is 1. The van der Waals surface area contributed by atoms with Gasteiger partial charge in [0.25, 0.3) is 0 Å². The van der Waals surface area contributed by atoms with Gasteiger partial charge in [0.15, 0.2) is 5.78 Å². The number of rotatable bonds is 0. The van der Waals surface area contributed by atoms with Gasteiger partial charge in [-0.15, -0.1) is 0 Å². The maximum Gasteiger partial charge on any atom is 0.197 e. The monoisotopic (exact) mass is 163 g/mol. The summed E-state index contributed by atoms with van der Waals surface area (Å²) in [5.74, 6) is -0.218. The summed E-state index contributed by atoms with van der Waals surface area (Å²) in [5.41, 5.74) is 0. The van der Waals surface area contributed by atoms with Crippen molar-refractivity contribution in [3.8, 4) is 0 Å². The van der Waals surface area contributed by atoms with Crippen LogP contribution in [0.4, 0.5) is 0 Å². The van der Waals surface area contributed by atoms with Crippen LogP contribution in [-0.4, -0.2) is 18.5 Å². The molecule has 2 nitrogen and oxygen atoms in total. The van der Waals surface area contributed by atoms with Gasteiger partial charge in [-0.3, -0.25) is 9.79 Å². The Morgan fingerprint density at radius 1 is 1.56 bits per heavy atom. The minimum absolute atomic E-state index is 0.0895. The molecule has 0 aromatic carbocycles. The first-order valence-corrected chi connectivity index (χ1v) is 3.05. The predicted octanol–water partition coefficient (Wildman–Crippen LogP) is 1.33. The quantitative estimate of drug-likeness (QED) is 0.530. The molecule has 1 heterocycles. The van der Waals surface area contributed by atoms with Crippen LogP contribution in [0.15, 0.2) is 15.1 Å². The van der Waals surface area contributed by atoms with Crippen LogP contribution < -0.4 is 0 Å². The van der Waals surface area contributed by atoms with Gasteiger partial charge in [-0.2, -0.15) is 0 Å². The van der Waals surface area contributed by atoms with E-state index in [9.17, 15) is 4.79 Å². The smallest absolute Gasteiger partial charge is 0.197 e. The third-order valence-electron chi connectivity index (χ3n) is 0.894. The molecule has 1 rings (SSSR count). The highest BCUT2D eigenvalue weighted by Crippen LogP contribution is 2.15. The molecule has 0 amide bonds. The zero-order valence-corrected chi connectivity index (χ0v) is 5.91. The van der Waals surface area contributed by atoms with E-state index >= 15 is 0 Å². The first kappa shape index (κ1) is 6.78. The minimum atomic E-state index is -0.218. The lowest BCUT2D eigenvalue weighted by molar-refractivity contribution is -0.113. The summed E-state index contributed by atoms with van der Waals surface area (Å²) in [4.78, 5) is 14.3. The average molecular weight is 164 g/mol. The molecule has 0 aromatic rings. The van der Waals surface area contributed by atoms with Crippen LogP contribution in [0.5, 0.6) is 0 Å². The van der Waals surface area contributed by atoms with E-state index in [1.54, 1.807) is 0 Å². The largest absolute Gasteiger partial charge is 0.291 e. The molecule has 0 bridgehead atoms. The van der Waals surface area contributed by atoms with Crippen molar-refractivity contribution in [2.24, 2.45) is 4.99 Å². The van der Waals surface area contributed by atoms with Gasteiger partial charge in [0.05, 0.1) is 5.03 Å². The van der Waals surface area contributed by atoms with E-state index in [-0.39, 0.29) is 22.4 Å². The average Bonchev–Trinajstić information content (AvgIpc) is 1.83. The molecular formula is C5H3Cl2NO. The zero-order chi connectivity index (χ0) is 6.85. The fourth-order valence-corrected chi connectivity index (χ4v) is 0.751. The van der Waals surface area contributed by atoms with Gasteiger partial charge in [-0.25, -0.2) is 0 Å². The Bertz CT molecular complexity index is 207. The summed E-state index contributed by atoms with van der Waals surface area (Å²) in [6.07, 6.45) is 1.38. The van der Waals surface area contributed by atoms with E-state index in [2.05, 4.69) is 4.99 Å². The van der Waals surface area contributed by atoms with Gasteiger partial charge in [0.1, 0.15) is 11.6 Å². The van der Waals surface area contributed by atoms with Crippen LogP contribution >= 0.6 is 23.2 Å². The third-order valence-corrected chi connectivity index (χ3v) is 1.69. The molecule has 0 N–H and O–H groups in total. The highest BCUT2D eigenvalue weighted by atomic mass is 35.5. The van der Waals surface area contributed by atoms with Crippen molar-refractivity contribution in [2.45, 2.75) is 0 Å². The van der Waals surface area contributed by atoms with Crippen LogP contribution in [0.3, 0.4) is 0 Å². The maximum atomic E-state index is 10.6.